The monoisotopic (exact) mass is 366 g/mol. The molecule has 25 heavy (non-hydrogen) atoms. The van der Waals surface area contributed by atoms with Gasteiger partial charge in [-0.3, -0.25) is 14.3 Å². The molecule has 0 N–H and O–H groups in total. The van der Waals surface area contributed by atoms with Gasteiger partial charge in [0, 0.05) is 32.3 Å². The van der Waals surface area contributed by atoms with Crippen molar-refractivity contribution in [1.29, 1.82) is 0 Å². The van der Waals surface area contributed by atoms with E-state index < -0.39 is 21.9 Å². The summed E-state index contributed by atoms with van der Waals surface area (Å²) in [5.74, 6) is -0.305. The molecule has 3 fully saturated rings. The Bertz CT molecular complexity index is 814. The molecule has 1 saturated carbocycles. The lowest BCUT2D eigenvalue weighted by Crippen LogP contribution is -2.63. The third-order valence-electron chi connectivity index (χ3n) is 5.61. The molecular formula is C16H22N4O4S. The summed E-state index contributed by atoms with van der Waals surface area (Å²) in [7, 11) is -1.54. The van der Waals surface area contributed by atoms with Crippen LogP contribution in [0.3, 0.4) is 0 Å². The average Bonchev–Trinajstić information content (AvgIpc) is 3.05. The van der Waals surface area contributed by atoms with Crippen LogP contribution in [0.15, 0.2) is 12.3 Å². The molecule has 2 atom stereocenters. The number of piperazine rings is 1. The van der Waals surface area contributed by atoms with Crippen molar-refractivity contribution in [2.24, 2.45) is 13.0 Å². The van der Waals surface area contributed by atoms with E-state index in [1.165, 1.54) is 0 Å². The summed E-state index contributed by atoms with van der Waals surface area (Å²) in [6.07, 6.45) is 4.51. The minimum Gasteiger partial charge on any atom is -0.335 e. The number of aryl methyl sites for hydroxylation is 1. The van der Waals surface area contributed by atoms with E-state index in [0.29, 0.717) is 18.8 Å². The van der Waals surface area contributed by atoms with Gasteiger partial charge in [0.25, 0.3) is 5.91 Å². The molecule has 0 radical (unpaired) electrons. The molecule has 2 saturated heterocycles. The van der Waals surface area contributed by atoms with Crippen molar-refractivity contribution in [3.05, 3.63) is 18.0 Å². The lowest BCUT2D eigenvalue weighted by atomic mass is 9.83. The standard InChI is InChI=1S/C16H22N4O4S/c1-18-6-5-12(17-18)16(22)20-8-7-19(15(21)11-3-2-4-11)13-9-25(23,24)10-14(13)20/h5-6,11,13-14H,2-4,7-10H2,1H3/t13-,14+/m1/s1. The molecule has 1 aromatic rings. The Morgan fingerprint density at radius 3 is 2.32 bits per heavy atom. The Morgan fingerprint density at radius 1 is 1.12 bits per heavy atom. The zero-order valence-corrected chi connectivity index (χ0v) is 15.0. The number of aromatic nitrogens is 2. The number of rotatable bonds is 2. The predicted octanol–water partition coefficient (Wildman–Crippen LogP) is -0.330. The van der Waals surface area contributed by atoms with Gasteiger partial charge in [0.15, 0.2) is 9.84 Å². The molecule has 136 valence electrons. The van der Waals surface area contributed by atoms with Crippen LogP contribution in [0.1, 0.15) is 29.8 Å². The molecule has 2 amide bonds. The number of carbonyl (C=O) groups excluding carboxylic acids is 2. The Balaban J connectivity index is 1.60. The first-order valence-corrected chi connectivity index (χ1v) is 10.5. The van der Waals surface area contributed by atoms with Gasteiger partial charge in [-0.05, 0) is 18.9 Å². The lowest BCUT2D eigenvalue weighted by molar-refractivity contribution is -0.143. The second-order valence-corrected chi connectivity index (χ2v) is 9.40. The van der Waals surface area contributed by atoms with Crippen LogP contribution in [-0.4, -0.2) is 76.5 Å². The Kier molecular flexibility index (Phi) is 3.86. The molecule has 4 rings (SSSR count). The molecule has 8 nitrogen and oxygen atoms in total. The predicted molar refractivity (Wildman–Crippen MR) is 89.5 cm³/mol. The van der Waals surface area contributed by atoms with E-state index in [-0.39, 0.29) is 29.2 Å². The van der Waals surface area contributed by atoms with Gasteiger partial charge in [-0.25, -0.2) is 8.42 Å². The number of nitrogens with zero attached hydrogens (tertiary/aromatic N) is 4. The van der Waals surface area contributed by atoms with Crippen LogP contribution in [0.25, 0.3) is 0 Å². The summed E-state index contributed by atoms with van der Waals surface area (Å²) in [5.41, 5.74) is 0.310. The van der Waals surface area contributed by atoms with Crippen molar-refractivity contribution in [3.8, 4) is 0 Å². The van der Waals surface area contributed by atoms with Gasteiger partial charge in [-0.1, -0.05) is 6.42 Å². The molecule has 1 aromatic heterocycles. The van der Waals surface area contributed by atoms with Crippen molar-refractivity contribution < 1.29 is 18.0 Å². The second-order valence-electron chi connectivity index (χ2n) is 7.24. The SMILES string of the molecule is Cn1ccc(C(=O)N2CCN(C(=O)C3CCC3)[C@@H]3CS(=O)(=O)C[C@@H]32)n1. The highest BCUT2D eigenvalue weighted by Gasteiger charge is 2.50. The molecule has 0 spiro atoms. The van der Waals surface area contributed by atoms with Gasteiger partial charge in [-0.2, -0.15) is 5.10 Å². The molecule has 1 aliphatic carbocycles. The molecule has 0 bridgehead atoms. The summed E-state index contributed by atoms with van der Waals surface area (Å²) in [4.78, 5) is 28.8. The molecule has 0 aromatic carbocycles. The summed E-state index contributed by atoms with van der Waals surface area (Å²) in [6.45, 7) is 0.745. The maximum absolute atomic E-state index is 12.8. The van der Waals surface area contributed by atoms with E-state index in [1.54, 1.807) is 33.8 Å². The lowest BCUT2D eigenvalue weighted by Gasteiger charge is -2.45. The molecule has 2 aliphatic heterocycles. The Hall–Kier alpha value is -1.90. The Labute approximate surface area is 146 Å². The van der Waals surface area contributed by atoms with E-state index in [4.69, 9.17) is 0 Å². The zero-order valence-electron chi connectivity index (χ0n) is 14.2. The van der Waals surface area contributed by atoms with E-state index >= 15 is 0 Å². The first-order valence-electron chi connectivity index (χ1n) is 8.67. The van der Waals surface area contributed by atoms with Crippen LogP contribution in [0.5, 0.6) is 0 Å². The van der Waals surface area contributed by atoms with Gasteiger partial charge < -0.3 is 9.80 Å². The van der Waals surface area contributed by atoms with Crippen LogP contribution < -0.4 is 0 Å². The number of fused-ring (bicyclic) bond motifs is 1. The van der Waals surface area contributed by atoms with E-state index in [0.717, 1.165) is 19.3 Å². The van der Waals surface area contributed by atoms with Crippen molar-refractivity contribution in [1.82, 2.24) is 19.6 Å². The van der Waals surface area contributed by atoms with Crippen LogP contribution in [-0.2, 0) is 21.7 Å². The Morgan fingerprint density at radius 2 is 1.76 bits per heavy atom. The molecule has 0 unspecified atom stereocenters. The first-order chi connectivity index (χ1) is 11.9. The van der Waals surface area contributed by atoms with Gasteiger partial charge in [0.05, 0.1) is 23.6 Å². The van der Waals surface area contributed by atoms with Crippen LogP contribution >= 0.6 is 0 Å². The summed E-state index contributed by atoms with van der Waals surface area (Å²) < 4.78 is 26.0. The van der Waals surface area contributed by atoms with Crippen LogP contribution in [0.4, 0.5) is 0 Å². The van der Waals surface area contributed by atoms with Gasteiger partial charge >= 0.3 is 0 Å². The fourth-order valence-corrected chi connectivity index (χ4v) is 6.03. The van der Waals surface area contributed by atoms with Gasteiger partial charge in [0.1, 0.15) is 5.69 Å². The molecule has 9 heteroatoms. The van der Waals surface area contributed by atoms with Gasteiger partial charge in [0.2, 0.25) is 5.91 Å². The zero-order chi connectivity index (χ0) is 17.8. The highest BCUT2D eigenvalue weighted by atomic mass is 32.2. The maximum Gasteiger partial charge on any atom is 0.274 e. The van der Waals surface area contributed by atoms with Crippen molar-refractivity contribution >= 4 is 21.7 Å². The fourth-order valence-electron chi connectivity index (χ4n) is 4.04. The average molecular weight is 366 g/mol. The second kappa shape index (κ2) is 5.82. The third-order valence-corrected chi connectivity index (χ3v) is 7.31. The number of carbonyl (C=O) groups is 2. The normalized spacial score (nSPS) is 28.5. The number of hydrogen-bond donors (Lipinski definition) is 0. The highest BCUT2D eigenvalue weighted by molar-refractivity contribution is 7.91. The van der Waals surface area contributed by atoms with Crippen molar-refractivity contribution in [3.63, 3.8) is 0 Å². The quantitative estimate of drug-likeness (QED) is 0.715. The molecule has 3 heterocycles. The van der Waals surface area contributed by atoms with Crippen molar-refractivity contribution in [2.75, 3.05) is 24.6 Å². The van der Waals surface area contributed by atoms with Gasteiger partial charge in [-0.15, -0.1) is 0 Å². The number of hydrogen-bond acceptors (Lipinski definition) is 5. The van der Waals surface area contributed by atoms with Crippen LogP contribution in [0.2, 0.25) is 0 Å². The molecular weight excluding hydrogens is 344 g/mol. The highest BCUT2D eigenvalue weighted by Crippen LogP contribution is 2.33. The van der Waals surface area contributed by atoms with Crippen LogP contribution in [0, 0.1) is 5.92 Å². The topological polar surface area (TPSA) is 92.6 Å². The molecule has 3 aliphatic rings. The number of sulfone groups is 1. The maximum atomic E-state index is 12.8. The van der Waals surface area contributed by atoms with E-state index in [9.17, 15) is 18.0 Å². The summed E-state index contributed by atoms with van der Waals surface area (Å²) in [6, 6.07) is 0.726. The van der Waals surface area contributed by atoms with Crippen molar-refractivity contribution in [2.45, 2.75) is 31.3 Å². The summed E-state index contributed by atoms with van der Waals surface area (Å²) >= 11 is 0. The number of amides is 2. The first kappa shape index (κ1) is 16.6. The fraction of sp³-hybridized carbons (Fsp3) is 0.688. The third kappa shape index (κ3) is 2.84. The smallest absolute Gasteiger partial charge is 0.274 e. The largest absolute Gasteiger partial charge is 0.335 e. The minimum atomic E-state index is -3.27. The van der Waals surface area contributed by atoms with E-state index in [1.807, 2.05) is 0 Å². The van der Waals surface area contributed by atoms with E-state index in [2.05, 4.69) is 5.10 Å². The summed E-state index contributed by atoms with van der Waals surface area (Å²) in [5, 5.41) is 4.14. The minimum absolute atomic E-state index is 0.0296.